The molecule has 1 saturated heterocycles. The molecule has 2 aromatic carbocycles. The van der Waals surface area contributed by atoms with E-state index in [0.29, 0.717) is 42.5 Å². The van der Waals surface area contributed by atoms with Crippen LogP contribution in [0.3, 0.4) is 0 Å². The minimum Gasteiger partial charge on any atom is -0.444 e. The first kappa shape index (κ1) is 37.4. The number of hydrogen-bond donors (Lipinski definition) is 2. The van der Waals surface area contributed by atoms with Crippen molar-refractivity contribution in [3.63, 3.8) is 0 Å². The zero-order valence-electron chi connectivity index (χ0n) is 27.6. The van der Waals surface area contributed by atoms with E-state index >= 15 is 0 Å². The Hall–Kier alpha value is -4.37. The number of halogens is 3. The Morgan fingerprint density at radius 3 is 2.47 bits per heavy atom. The molecule has 0 saturated carbocycles. The quantitative estimate of drug-likeness (QED) is 0.229. The molecule has 0 unspecified atom stereocenters. The number of anilines is 1. The zero-order valence-corrected chi connectivity index (χ0v) is 29.2. The minimum atomic E-state index is -0.818. The second-order valence-corrected chi connectivity index (χ2v) is 13.7. The summed E-state index contributed by atoms with van der Waals surface area (Å²) in [6, 6.07) is 9.49. The lowest BCUT2D eigenvalue weighted by atomic mass is 10.2. The van der Waals surface area contributed by atoms with Crippen LogP contribution in [0.15, 0.2) is 48.7 Å². The van der Waals surface area contributed by atoms with Crippen LogP contribution in [-0.2, 0) is 20.8 Å². The SMILES string of the molecule is CN(C(=O)NCc1cccc(F)c1Cl)[C@@H](CCC(=O)N1CCN(C(=O)OC(C)(C)C)CC1)SCOC(=O)Nc1cc2cc(F)ccc2cn1. The number of thioether (sulfide) groups is 1. The molecule has 264 valence electrons. The first-order valence-electron chi connectivity index (χ1n) is 15.5. The van der Waals surface area contributed by atoms with Gasteiger partial charge in [0.1, 0.15) is 29.0 Å². The van der Waals surface area contributed by atoms with Gasteiger partial charge in [-0.05, 0) is 68.5 Å². The number of benzene rings is 2. The molecule has 4 rings (SSSR count). The number of hydrogen-bond acceptors (Lipinski definition) is 8. The Morgan fingerprint density at radius 1 is 1.04 bits per heavy atom. The summed E-state index contributed by atoms with van der Waals surface area (Å²) in [5.41, 5.74) is -0.241. The molecule has 0 spiro atoms. The first-order chi connectivity index (χ1) is 23.2. The predicted octanol–water partition coefficient (Wildman–Crippen LogP) is 6.43. The van der Waals surface area contributed by atoms with Crippen LogP contribution in [0.25, 0.3) is 10.8 Å². The number of pyridine rings is 1. The second kappa shape index (κ2) is 16.8. The van der Waals surface area contributed by atoms with Crippen LogP contribution >= 0.6 is 23.4 Å². The van der Waals surface area contributed by atoms with Crippen molar-refractivity contribution in [3.05, 3.63) is 70.9 Å². The number of nitrogens with zero attached hydrogens (tertiary/aromatic N) is 4. The first-order valence-corrected chi connectivity index (χ1v) is 16.9. The van der Waals surface area contributed by atoms with Crippen molar-refractivity contribution >= 4 is 64.1 Å². The predicted molar refractivity (Wildman–Crippen MR) is 183 cm³/mol. The van der Waals surface area contributed by atoms with Gasteiger partial charge in [-0.25, -0.2) is 28.1 Å². The van der Waals surface area contributed by atoms with E-state index in [0.717, 1.165) is 11.8 Å². The molecule has 1 aliphatic heterocycles. The zero-order chi connectivity index (χ0) is 35.7. The molecular formula is C33H39ClF2N6O6S. The van der Waals surface area contributed by atoms with Crippen molar-refractivity contribution in [2.45, 2.75) is 51.1 Å². The van der Waals surface area contributed by atoms with E-state index in [9.17, 15) is 28.0 Å². The lowest BCUT2D eigenvalue weighted by Crippen LogP contribution is -2.51. The van der Waals surface area contributed by atoms with E-state index in [1.165, 1.54) is 48.5 Å². The van der Waals surface area contributed by atoms with Gasteiger partial charge in [-0.3, -0.25) is 10.1 Å². The minimum absolute atomic E-state index is 0.0421. The summed E-state index contributed by atoms with van der Waals surface area (Å²) >= 11 is 7.15. The molecule has 0 aliphatic carbocycles. The van der Waals surface area contributed by atoms with Crippen LogP contribution in [0.1, 0.15) is 39.2 Å². The Bertz CT molecular complexity index is 1670. The molecule has 49 heavy (non-hydrogen) atoms. The van der Waals surface area contributed by atoms with E-state index < -0.39 is 40.8 Å². The standard InChI is InChI=1S/C33H39ClF2N6O6S/c1-33(2,3)48-32(46)42-14-12-41(13-15-42)27(43)10-11-28(40(4)30(44)38-19-22-6-5-7-25(36)29(22)34)49-20-47-31(45)39-26-17-23-16-24(35)9-8-21(23)18-37-26/h5-9,16-18,28H,10-15,19-20H2,1-4H3,(H,38,44)(H,37,39,45)/t28-/m1/s1. The molecule has 1 atom stereocenters. The lowest BCUT2D eigenvalue weighted by molar-refractivity contribution is -0.133. The van der Waals surface area contributed by atoms with Crippen molar-refractivity contribution in [2.75, 3.05) is 44.5 Å². The third kappa shape index (κ3) is 11.1. The van der Waals surface area contributed by atoms with Crippen LogP contribution in [0.4, 0.5) is 29.0 Å². The van der Waals surface area contributed by atoms with Gasteiger partial charge in [0.05, 0.1) is 10.4 Å². The molecule has 1 aliphatic rings. The average Bonchev–Trinajstić information content (AvgIpc) is 3.05. The Kier molecular flexibility index (Phi) is 12.9. The van der Waals surface area contributed by atoms with E-state index in [2.05, 4.69) is 15.6 Å². The Labute approximate surface area is 292 Å². The number of fused-ring (bicyclic) bond motifs is 1. The van der Waals surface area contributed by atoms with Gasteiger partial charge in [-0.1, -0.05) is 35.5 Å². The topological polar surface area (TPSA) is 133 Å². The number of aromatic nitrogens is 1. The highest BCUT2D eigenvalue weighted by Gasteiger charge is 2.29. The lowest BCUT2D eigenvalue weighted by Gasteiger charge is -2.36. The summed E-state index contributed by atoms with van der Waals surface area (Å²) in [5.74, 6) is -1.22. The van der Waals surface area contributed by atoms with Gasteiger partial charge in [-0.15, -0.1) is 0 Å². The largest absolute Gasteiger partial charge is 0.444 e. The van der Waals surface area contributed by atoms with Gasteiger partial charge in [0.2, 0.25) is 5.91 Å². The van der Waals surface area contributed by atoms with Gasteiger partial charge in [0, 0.05) is 57.8 Å². The second-order valence-electron chi connectivity index (χ2n) is 12.2. The maximum absolute atomic E-state index is 13.9. The highest BCUT2D eigenvalue weighted by Crippen LogP contribution is 2.24. The number of rotatable bonds is 10. The van der Waals surface area contributed by atoms with Crippen molar-refractivity contribution in [1.82, 2.24) is 25.0 Å². The molecule has 12 nitrogen and oxygen atoms in total. The van der Waals surface area contributed by atoms with Crippen molar-refractivity contribution in [1.29, 1.82) is 0 Å². The number of amides is 5. The summed E-state index contributed by atoms with van der Waals surface area (Å²) in [6.45, 7) is 6.64. The number of carbonyl (C=O) groups is 4. The number of ether oxygens (including phenoxy) is 2. The van der Waals surface area contributed by atoms with Crippen LogP contribution in [0.5, 0.6) is 0 Å². The number of nitrogens with one attached hydrogen (secondary N) is 2. The fraction of sp³-hybridized carbons (Fsp3) is 0.424. The summed E-state index contributed by atoms with van der Waals surface area (Å²) in [4.78, 5) is 60.0. The third-order valence-corrected chi connectivity index (χ3v) is 9.08. The van der Waals surface area contributed by atoms with Gasteiger partial charge in [0.25, 0.3) is 0 Å². The number of piperazine rings is 1. The monoisotopic (exact) mass is 720 g/mol. The number of urea groups is 1. The van der Waals surface area contributed by atoms with Crippen LogP contribution in [-0.4, -0.2) is 93.9 Å². The highest BCUT2D eigenvalue weighted by atomic mass is 35.5. The summed E-state index contributed by atoms with van der Waals surface area (Å²) in [7, 11) is 1.53. The normalized spacial score (nSPS) is 13.9. The molecule has 0 radical (unpaired) electrons. The summed E-state index contributed by atoms with van der Waals surface area (Å²) in [6.07, 6.45) is 0.525. The van der Waals surface area contributed by atoms with Gasteiger partial charge >= 0.3 is 18.2 Å². The molecule has 2 N–H and O–H groups in total. The maximum Gasteiger partial charge on any atom is 0.413 e. The molecule has 16 heteroatoms. The fourth-order valence-electron chi connectivity index (χ4n) is 4.86. The van der Waals surface area contributed by atoms with E-state index in [1.54, 1.807) is 42.7 Å². The molecule has 0 bridgehead atoms. The summed E-state index contributed by atoms with van der Waals surface area (Å²) < 4.78 is 38.3. The molecule has 1 aromatic heterocycles. The van der Waals surface area contributed by atoms with Gasteiger partial charge in [0.15, 0.2) is 0 Å². The fourth-order valence-corrected chi connectivity index (χ4v) is 5.99. The summed E-state index contributed by atoms with van der Waals surface area (Å²) in [5, 5.41) is 5.72. The smallest absolute Gasteiger partial charge is 0.413 e. The van der Waals surface area contributed by atoms with Crippen molar-refractivity contribution < 1.29 is 37.4 Å². The van der Waals surface area contributed by atoms with Crippen LogP contribution < -0.4 is 10.6 Å². The molecule has 2 heterocycles. The van der Waals surface area contributed by atoms with Crippen LogP contribution in [0, 0.1) is 11.6 Å². The average molecular weight is 721 g/mol. The molecule has 3 aromatic rings. The third-order valence-electron chi connectivity index (χ3n) is 7.47. The van der Waals surface area contributed by atoms with E-state index in [4.69, 9.17) is 21.1 Å². The maximum atomic E-state index is 13.9. The molecular weight excluding hydrogens is 682 g/mol. The van der Waals surface area contributed by atoms with Crippen molar-refractivity contribution in [2.24, 2.45) is 0 Å². The van der Waals surface area contributed by atoms with E-state index in [-0.39, 0.29) is 42.1 Å². The number of carbonyl (C=O) groups excluding carboxylic acids is 4. The van der Waals surface area contributed by atoms with Gasteiger partial charge < -0.3 is 29.5 Å². The molecule has 1 fully saturated rings. The Balaban J connectivity index is 1.34. The van der Waals surface area contributed by atoms with E-state index in [1.807, 2.05) is 0 Å². The van der Waals surface area contributed by atoms with Crippen LogP contribution in [0.2, 0.25) is 5.02 Å². The van der Waals surface area contributed by atoms with Crippen molar-refractivity contribution in [3.8, 4) is 0 Å². The highest BCUT2D eigenvalue weighted by molar-refractivity contribution is 7.99. The van der Waals surface area contributed by atoms with Gasteiger partial charge in [-0.2, -0.15) is 0 Å². The Morgan fingerprint density at radius 2 is 1.76 bits per heavy atom. The molecule has 5 amide bonds.